The highest BCUT2D eigenvalue weighted by Gasteiger charge is 2.30. The Bertz CT molecular complexity index is 1260. The highest BCUT2D eigenvalue weighted by Crippen LogP contribution is 2.39. The lowest BCUT2D eigenvalue weighted by atomic mass is 10.1. The maximum Gasteiger partial charge on any atom is 0.263 e. The first kappa shape index (κ1) is 23.9. The molecule has 3 aromatic rings. The second kappa shape index (κ2) is 10.5. The van der Waals surface area contributed by atoms with Gasteiger partial charge in [0.2, 0.25) is 5.95 Å². The minimum atomic E-state index is -0.228. The second-order valence-electron chi connectivity index (χ2n) is 8.19. The van der Waals surface area contributed by atoms with Crippen LogP contribution in [-0.2, 0) is 6.42 Å². The normalized spacial score (nSPS) is 15.7. The lowest BCUT2D eigenvalue weighted by Gasteiger charge is -2.31. The van der Waals surface area contributed by atoms with Crippen molar-refractivity contribution in [3.63, 3.8) is 0 Å². The fraction of sp³-hybridized carbons (Fsp3) is 0.240. The Morgan fingerprint density at radius 2 is 1.94 bits per heavy atom. The molecule has 0 unspecified atom stereocenters. The smallest absolute Gasteiger partial charge is 0.263 e. The zero-order valence-electron chi connectivity index (χ0n) is 18.9. The molecule has 1 amide bonds. The maximum atomic E-state index is 13.2. The van der Waals surface area contributed by atoms with E-state index in [-0.39, 0.29) is 5.91 Å². The molecule has 5 rings (SSSR count). The molecule has 0 atom stereocenters. The van der Waals surface area contributed by atoms with Crippen molar-refractivity contribution in [1.29, 1.82) is 0 Å². The van der Waals surface area contributed by atoms with Gasteiger partial charge in [0.05, 0.1) is 27.2 Å². The summed E-state index contributed by atoms with van der Waals surface area (Å²) in [4.78, 5) is 26.1. The molecule has 35 heavy (non-hydrogen) atoms. The predicted octanol–water partition coefficient (Wildman–Crippen LogP) is 5.38. The van der Waals surface area contributed by atoms with Crippen molar-refractivity contribution in [3.05, 3.63) is 76.4 Å². The Balaban J connectivity index is 1.37. The van der Waals surface area contributed by atoms with Crippen LogP contribution in [0.5, 0.6) is 0 Å². The number of piperazine rings is 1. The first-order chi connectivity index (χ1) is 17.0. The average molecular weight is 527 g/mol. The monoisotopic (exact) mass is 526 g/mol. The third-order valence-electron chi connectivity index (χ3n) is 5.92. The summed E-state index contributed by atoms with van der Waals surface area (Å²) in [5.41, 5.74) is 4.23. The Hall–Kier alpha value is -2.78. The summed E-state index contributed by atoms with van der Waals surface area (Å²) in [6.45, 7) is 7.83. The molecule has 180 valence electrons. The maximum absolute atomic E-state index is 13.2. The molecule has 0 bridgehead atoms. The summed E-state index contributed by atoms with van der Waals surface area (Å²) in [5.74, 6) is 0.566. The van der Waals surface area contributed by atoms with Gasteiger partial charge in [0.15, 0.2) is 0 Å². The van der Waals surface area contributed by atoms with Crippen LogP contribution in [-0.4, -0.2) is 47.9 Å². The molecule has 0 radical (unpaired) electrons. The van der Waals surface area contributed by atoms with Crippen molar-refractivity contribution < 1.29 is 4.79 Å². The standard InChI is InChI=1S/C25H24Cl2N6OS/c1-2-4-16-13-17(7-8-21(16)32-11-9-28-10-12-32)30-25-29-14-18-23(31-25)35-15-33(24(18)34)22-19(26)5-3-6-20(22)27/h2-3,5-8,13-14,28H,1,4,9-12,15H2,(H,29,30,31). The number of nitrogens with one attached hydrogen (secondary N) is 2. The van der Waals surface area contributed by atoms with Crippen LogP contribution in [0.3, 0.4) is 0 Å². The predicted molar refractivity (Wildman–Crippen MR) is 145 cm³/mol. The van der Waals surface area contributed by atoms with Crippen LogP contribution >= 0.6 is 35.0 Å². The van der Waals surface area contributed by atoms with Crippen LogP contribution in [0, 0.1) is 0 Å². The van der Waals surface area contributed by atoms with Gasteiger partial charge >= 0.3 is 0 Å². The quantitative estimate of drug-likeness (QED) is 0.330. The van der Waals surface area contributed by atoms with E-state index < -0.39 is 0 Å². The van der Waals surface area contributed by atoms with Crippen LogP contribution in [0.25, 0.3) is 0 Å². The van der Waals surface area contributed by atoms with Crippen molar-refractivity contribution in [2.24, 2.45) is 0 Å². The minimum absolute atomic E-state index is 0.228. The highest BCUT2D eigenvalue weighted by molar-refractivity contribution is 7.99. The van der Waals surface area contributed by atoms with Gasteiger partial charge in [0.25, 0.3) is 5.91 Å². The molecule has 0 spiro atoms. The third-order valence-corrected chi connectivity index (χ3v) is 7.51. The van der Waals surface area contributed by atoms with Gasteiger partial charge in [-0.05, 0) is 42.3 Å². The number of carbonyl (C=O) groups is 1. The topological polar surface area (TPSA) is 73.4 Å². The van der Waals surface area contributed by atoms with Crippen LogP contribution in [0.1, 0.15) is 15.9 Å². The van der Waals surface area contributed by atoms with Crippen LogP contribution in [0.4, 0.5) is 23.0 Å². The fourth-order valence-corrected chi connectivity index (χ4v) is 5.80. The van der Waals surface area contributed by atoms with Gasteiger partial charge in [-0.3, -0.25) is 9.69 Å². The van der Waals surface area contributed by atoms with Crippen molar-refractivity contribution in [2.45, 2.75) is 11.4 Å². The van der Waals surface area contributed by atoms with E-state index in [1.807, 2.05) is 12.1 Å². The number of amides is 1. The van der Waals surface area contributed by atoms with Gasteiger partial charge < -0.3 is 15.5 Å². The molecule has 3 heterocycles. The number of allylic oxidation sites excluding steroid dienone is 1. The molecule has 7 nitrogen and oxygen atoms in total. The van der Waals surface area contributed by atoms with Crippen molar-refractivity contribution >= 4 is 63.9 Å². The Morgan fingerprint density at radius 1 is 1.17 bits per heavy atom. The molecule has 2 aliphatic heterocycles. The van der Waals surface area contributed by atoms with Gasteiger partial charge in [-0.25, -0.2) is 9.97 Å². The van der Waals surface area contributed by atoms with E-state index >= 15 is 0 Å². The number of benzene rings is 2. The number of hydrogen-bond acceptors (Lipinski definition) is 7. The average Bonchev–Trinajstić information content (AvgIpc) is 2.86. The molecule has 2 aliphatic rings. The lowest BCUT2D eigenvalue weighted by Crippen LogP contribution is -2.43. The van der Waals surface area contributed by atoms with Crippen molar-refractivity contribution in [3.8, 4) is 0 Å². The number of nitrogens with zero attached hydrogens (tertiary/aromatic N) is 4. The van der Waals surface area contributed by atoms with E-state index in [9.17, 15) is 4.79 Å². The van der Waals surface area contributed by atoms with Gasteiger partial charge in [-0.15, -0.1) is 6.58 Å². The molecule has 1 fully saturated rings. The Labute approximate surface area is 218 Å². The first-order valence-corrected chi connectivity index (χ1v) is 13.0. The molecule has 1 saturated heterocycles. The molecular weight excluding hydrogens is 503 g/mol. The summed E-state index contributed by atoms with van der Waals surface area (Å²) in [6, 6.07) is 11.5. The van der Waals surface area contributed by atoms with Gasteiger partial charge in [-0.1, -0.05) is 47.1 Å². The molecule has 0 saturated carbocycles. The molecular formula is C25H24Cl2N6OS. The number of rotatable bonds is 6. The summed E-state index contributed by atoms with van der Waals surface area (Å²) in [5, 5.41) is 8.15. The summed E-state index contributed by atoms with van der Waals surface area (Å²) < 4.78 is 0. The Kier molecular flexibility index (Phi) is 7.15. The minimum Gasteiger partial charge on any atom is -0.369 e. The number of fused-ring (bicyclic) bond motifs is 1. The largest absolute Gasteiger partial charge is 0.369 e. The van der Waals surface area contributed by atoms with E-state index in [2.05, 4.69) is 44.2 Å². The fourth-order valence-electron chi connectivity index (χ4n) is 4.25. The summed E-state index contributed by atoms with van der Waals surface area (Å²) in [6.07, 6.45) is 4.24. The second-order valence-corrected chi connectivity index (χ2v) is 9.94. The van der Waals surface area contributed by atoms with E-state index in [0.717, 1.165) is 38.3 Å². The van der Waals surface area contributed by atoms with E-state index in [0.29, 0.717) is 38.1 Å². The summed E-state index contributed by atoms with van der Waals surface area (Å²) in [7, 11) is 0. The van der Waals surface area contributed by atoms with Crippen LogP contribution < -0.4 is 20.4 Å². The number of anilines is 4. The van der Waals surface area contributed by atoms with E-state index in [4.69, 9.17) is 23.2 Å². The van der Waals surface area contributed by atoms with Gasteiger partial charge in [0.1, 0.15) is 5.03 Å². The molecule has 0 aliphatic carbocycles. The van der Waals surface area contributed by atoms with Crippen LogP contribution in [0.15, 0.2) is 60.3 Å². The number of carbonyl (C=O) groups excluding carboxylic acids is 1. The third kappa shape index (κ3) is 4.97. The molecule has 1 aromatic heterocycles. The van der Waals surface area contributed by atoms with Crippen LogP contribution in [0.2, 0.25) is 10.0 Å². The zero-order chi connectivity index (χ0) is 24.4. The highest BCUT2D eigenvalue weighted by atomic mass is 35.5. The number of aromatic nitrogens is 2. The van der Waals surface area contributed by atoms with E-state index in [1.165, 1.54) is 23.0 Å². The lowest BCUT2D eigenvalue weighted by molar-refractivity contribution is 0.0985. The van der Waals surface area contributed by atoms with E-state index in [1.54, 1.807) is 29.3 Å². The number of hydrogen-bond donors (Lipinski definition) is 2. The number of halogens is 2. The number of thioether (sulfide) groups is 1. The summed E-state index contributed by atoms with van der Waals surface area (Å²) >= 11 is 14.1. The van der Waals surface area contributed by atoms with Gasteiger partial charge in [-0.2, -0.15) is 0 Å². The molecule has 2 N–H and O–H groups in total. The Morgan fingerprint density at radius 3 is 2.69 bits per heavy atom. The van der Waals surface area contributed by atoms with Crippen molar-refractivity contribution in [1.82, 2.24) is 15.3 Å². The SMILES string of the molecule is C=CCc1cc(Nc2ncc3c(n2)SCN(c2c(Cl)cccc2Cl)C3=O)ccc1N1CCNCC1. The molecule has 2 aromatic carbocycles. The van der Waals surface area contributed by atoms with Gasteiger partial charge in [0, 0.05) is 43.8 Å². The number of para-hydroxylation sites is 1. The zero-order valence-corrected chi connectivity index (χ0v) is 21.3. The molecule has 10 heteroatoms. The first-order valence-electron chi connectivity index (χ1n) is 11.3. The van der Waals surface area contributed by atoms with Crippen molar-refractivity contribution in [2.75, 3.05) is 47.2 Å².